The number of hydrogen-bond donors (Lipinski definition) is 0. The third kappa shape index (κ3) is 4.31. The summed E-state index contributed by atoms with van der Waals surface area (Å²) in [5, 5.41) is 2.78. The molecule has 0 aliphatic heterocycles. The van der Waals surface area contributed by atoms with Crippen LogP contribution in [0.25, 0.3) is 31.9 Å². The summed E-state index contributed by atoms with van der Waals surface area (Å²) in [7, 11) is -2.75. The van der Waals surface area contributed by atoms with Crippen LogP contribution >= 0.6 is 0 Å². The minimum absolute atomic E-state index is 0.442. The highest BCUT2D eigenvalue weighted by molar-refractivity contribution is 6.89. The van der Waals surface area contributed by atoms with Crippen molar-refractivity contribution in [3.05, 3.63) is 83.5 Å². The lowest BCUT2D eigenvalue weighted by Crippen LogP contribution is -2.37. The molecule has 0 fully saturated rings. The van der Waals surface area contributed by atoms with Crippen LogP contribution in [-0.4, -0.2) is 16.1 Å². The third-order valence-electron chi connectivity index (χ3n) is 5.50. The summed E-state index contributed by atoms with van der Waals surface area (Å²) < 4.78 is 0. The summed E-state index contributed by atoms with van der Waals surface area (Å²) in [6, 6.07) is 21.1. The number of benzene rings is 3. The lowest BCUT2D eigenvalue weighted by atomic mass is 9.96. The first kappa shape index (κ1) is 21.8. The van der Waals surface area contributed by atoms with E-state index >= 15 is 0 Å². The predicted molar refractivity (Wildman–Crippen MR) is 136 cm³/mol. The molecule has 150 valence electrons. The van der Waals surface area contributed by atoms with Gasteiger partial charge in [0.2, 0.25) is 11.4 Å². The Hall–Kier alpha value is -2.93. The Labute approximate surface area is 182 Å². The molecular weight excluding hydrogens is 396 g/mol. The molecule has 0 aliphatic rings. The van der Waals surface area contributed by atoms with E-state index in [0.717, 1.165) is 22.3 Å². The third-order valence-corrected chi connectivity index (χ3v) is 9.63. The molecule has 0 spiro atoms. The van der Waals surface area contributed by atoms with Gasteiger partial charge in [0.05, 0.1) is 29.3 Å². The molecular formula is C26H28N2Si2. The summed E-state index contributed by atoms with van der Waals surface area (Å²) in [4.78, 5) is 7.57. The molecule has 0 saturated heterocycles. The van der Waals surface area contributed by atoms with E-state index in [1.807, 2.05) is 12.1 Å². The van der Waals surface area contributed by atoms with E-state index in [0.29, 0.717) is 11.4 Å². The lowest BCUT2D eigenvalue weighted by molar-refractivity contribution is 1.60. The van der Waals surface area contributed by atoms with Gasteiger partial charge in [-0.3, -0.25) is 0 Å². The molecule has 0 amide bonds. The van der Waals surface area contributed by atoms with Crippen molar-refractivity contribution >= 4 is 37.9 Å². The van der Waals surface area contributed by atoms with E-state index < -0.39 is 16.1 Å². The number of hydrogen-bond acceptors (Lipinski definition) is 0. The van der Waals surface area contributed by atoms with Crippen molar-refractivity contribution in [1.29, 1.82) is 0 Å². The molecule has 4 heteroatoms. The van der Waals surface area contributed by atoms with Crippen LogP contribution in [-0.2, 0) is 0 Å². The van der Waals surface area contributed by atoms with E-state index in [-0.39, 0.29) is 0 Å². The second-order valence-electron chi connectivity index (χ2n) is 9.74. The summed E-state index contributed by atoms with van der Waals surface area (Å²) in [5.74, 6) is 0. The molecule has 0 atom stereocenters. The van der Waals surface area contributed by atoms with E-state index in [2.05, 4.69) is 97.5 Å². The highest BCUT2D eigenvalue weighted by atomic mass is 28.3. The highest BCUT2D eigenvalue weighted by Gasteiger charge is 2.20. The monoisotopic (exact) mass is 424 g/mol. The van der Waals surface area contributed by atoms with Gasteiger partial charge in [0.15, 0.2) is 0 Å². The fraction of sp³-hybridized carbons (Fsp3) is 0.231. The van der Waals surface area contributed by atoms with Gasteiger partial charge in [-0.1, -0.05) is 110 Å². The van der Waals surface area contributed by atoms with Crippen LogP contribution in [0.4, 0.5) is 11.4 Å². The van der Waals surface area contributed by atoms with Crippen molar-refractivity contribution in [3.8, 4) is 22.3 Å². The highest BCUT2D eigenvalue weighted by Crippen LogP contribution is 2.45. The zero-order chi connectivity index (χ0) is 22.1. The van der Waals surface area contributed by atoms with Gasteiger partial charge < -0.3 is 0 Å². The van der Waals surface area contributed by atoms with Crippen LogP contribution in [0.1, 0.15) is 0 Å². The first-order chi connectivity index (χ1) is 14.1. The molecule has 0 bridgehead atoms. The average Bonchev–Trinajstić information content (AvgIpc) is 2.71. The summed E-state index contributed by atoms with van der Waals surface area (Å²) in [5.41, 5.74) is 4.54. The van der Waals surface area contributed by atoms with Crippen LogP contribution in [0, 0.1) is 13.1 Å². The summed E-state index contributed by atoms with van der Waals surface area (Å²) in [6.45, 7) is 29.5. The smallest absolute Gasteiger partial charge is 0.202 e. The maximum Gasteiger partial charge on any atom is 0.202 e. The van der Waals surface area contributed by atoms with Gasteiger partial charge in [0.25, 0.3) is 0 Å². The minimum atomic E-state index is -1.37. The Kier molecular flexibility index (Phi) is 5.86. The van der Waals surface area contributed by atoms with Gasteiger partial charge in [0, 0.05) is 0 Å². The molecule has 3 rings (SSSR count). The van der Waals surface area contributed by atoms with Crippen LogP contribution in [0.3, 0.4) is 0 Å². The maximum atomic E-state index is 7.79. The summed E-state index contributed by atoms with van der Waals surface area (Å²) in [6.07, 6.45) is 0. The van der Waals surface area contributed by atoms with Gasteiger partial charge in [-0.05, 0) is 22.3 Å². The SMILES string of the molecule is [C-]#[N+]c1c(-c2ccc([Si](C)(C)C)cc2)ccc(-c2ccc([Si](C)(C)C)cc2)c1[N+]#[C-]. The Bertz CT molecular complexity index is 1050. The van der Waals surface area contributed by atoms with Gasteiger partial charge >= 0.3 is 0 Å². The van der Waals surface area contributed by atoms with Crippen LogP contribution in [0.5, 0.6) is 0 Å². The van der Waals surface area contributed by atoms with E-state index in [4.69, 9.17) is 13.1 Å². The van der Waals surface area contributed by atoms with Gasteiger partial charge in [-0.15, -0.1) is 0 Å². The van der Waals surface area contributed by atoms with Crippen LogP contribution in [0.15, 0.2) is 60.7 Å². The molecule has 0 unspecified atom stereocenters. The fourth-order valence-electron chi connectivity index (χ4n) is 3.57. The zero-order valence-electron chi connectivity index (χ0n) is 18.7. The first-order valence-electron chi connectivity index (χ1n) is 10.2. The molecule has 3 aromatic carbocycles. The molecule has 0 heterocycles. The molecule has 0 saturated carbocycles. The van der Waals surface area contributed by atoms with E-state index in [1.165, 1.54) is 10.4 Å². The molecule has 30 heavy (non-hydrogen) atoms. The van der Waals surface area contributed by atoms with E-state index in [9.17, 15) is 0 Å². The maximum absolute atomic E-state index is 7.79. The lowest BCUT2D eigenvalue weighted by Gasteiger charge is -2.18. The molecule has 0 radical (unpaired) electrons. The van der Waals surface area contributed by atoms with Gasteiger partial charge in [0.1, 0.15) is 0 Å². The van der Waals surface area contributed by atoms with Crippen molar-refractivity contribution in [2.75, 3.05) is 0 Å². The number of rotatable bonds is 4. The van der Waals surface area contributed by atoms with Gasteiger partial charge in [-0.2, -0.15) is 0 Å². The second kappa shape index (κ2) is 8.07. The Morgan fingerprint density at radius 2 is 0.800 bits per heavy atom. The molecule has 0 N–H and O–H groups in total. The zero-order valence-corrected chi connectivity index (χ0v) is 20.7. The Morgan fingerprint density at radius 1 is 0.500 bits per heavy atom. The molecule has 0 aliphatic carbocycles. The van der Waals surface area contributed by atoms with Gasteiger partial charge in [-0.25, -0.2) is 9.69 Å². The fourth-order valence-corrected chi connectivity index (χ4v) is 5.90. The minimum Gasteiger partial charge on any atom is -0.249 e. The Balaban J connectivity index is 2.10. The molecule has 0 aromatic heterocycles. The van der Waals surface area contributed by atoms with Crippen LogP contribution in [0.2, 0.25) is 39.3 Å². The normalized spacial score (nSPS) is 11.6. The summed E-state index contributed by atoms with van der Waals surface area (Å²) >= 11 is 0. The largest absolute Gasteiger partial charge is 0.249 e. The van der Waals surface area contributed by atoms with Crippen molar-refractivity contribution in [2.24, 2.45) is 0 Å². The average molecular weight is 425 g/mol. The van der Waals surface area contributed by atoms with Crippen molar-refractivity contribution in [1.82, 2.24) is 0 Å². The quantitative estimate of drug-likeness (QED) is 0.309. The predicted octanol–water partition coefficient (Wildman–Crippen LogP) is 7.21. The molecule has 2 nitrogen and oxygen atoms in total. The molecule has 3 aromatic rings. The first-order valence-corrected chi connectivity index (χ1v) is 17.2. The topological polar surface area (TPSA) is 8.72 Å². The van der Waals surface area contributed by atoms with Crippen molar-refractivity contribution in [3.63, 3.8) is 0 Å². The number of nitrogens with zero attached hydrogens (tertiary/aromatic N) is 2. The van der Waals surface area contributed by atoms with Crippen molar-refractivity contribution < 1.29 is 0 Å². The van der Waals surface area contributed by atoms with Crippen molar-refractivity contribution in [2.45, 2.75) is 39.3 Å². The Morgan fingerprint density at radius 3 is 1.03 bits per heavy atom. The standard InChI is InChI=1S/C26H28N2Si2/c1-27-25-23(19-9-13-21(14-10-19)29(3,4)5)17-18-24(26(25)28-2)20-11-15-22(16-12-20)30(6,7)8/h9-18H,3-8H3. The van der Waals surface area contributed by atoms with E-state index in [1.54, 1.807) is 0 Å². The second-order valence-corrected chi connectivity index (χ2v) is 19.9. The van der Waals surface area contributed by atoms with Crippen LogP contribution < -0.4 is 10.4 Å².